The molecule has 0 saturated carbocycles. The van der Waals surface area contributed by atoms with Crippen LogP contribution >= 0.6 is 39.1 Å². The zero-order valence-electron chi connectivity index (χ0n) is 18.6. The van der Waals surface area contributed by atoms with Gasteiger partial charge in [-0.2, -0.15) is 0 Å². The zero-order valence-corrected chi connectivity index (χ0v) is 21.7. The van der Waals surface area contributed by atoms with Crippen LogP contribution in [0.1, 0.15) is 22.3 Å². The second kappa shape index (κ2) is 10.5. The molecule has 178 valence electrons. The molecule has 9 heteroatoms. The van der Waals surface area contributed by atoms with E-state index in [1.165, 1.54) is 22.9 Å². The maximum absolute atomic E-state index is 9.70. The van der Waals surface area contributed by atoms with Gasteiger partial charge in [0.25, 0.3) is 0 Å². The molecule has 0 aliphatic carbocycles. The average Bonchev–Trinajstić information content (AvgIpc) is 2.86. The van der Waals surface area contributed by atoms with E-state index in [9.17, 15) is 5.11 Å². The molecule has 0 amide bonds. The lowest BCUT2D eigenvalue weighted by atomic mass is 9.99. The van der Waals surface area contributed by atoms with E-state index in [4.69, 9.17) is 27.9 Å². The van der Waals surface area contributed by atoms with Crippen LogP contribution in [0.4, 0.5) is 0 Å². The first-order valence-corrected chi connectivity index (χ1v) is 12.6. The Labute approximate surface area is 221 Å². The SMILES string of the molecule is Oc1c(Cl)cc(-c2cnc(OCc3ccc(CN4CCc5ccc(Br)cc5C4)cc3)nn2)cc1Cl. The molecule has 0 unspecified atom stereocenters. The van der Waals surface area contributed by atoms with E-state index in [0.717, 1.165) is 36.1 Å². The van der Waals surface area contributed by atoms with E-state index in [2.05, 4.69) is 78.5 Å². The summed E-state index contributed by atoms with van der Waals surface area (Å²) in [5.41, 5.74) is 6.19. The molecular formula is C26H21BrCl2N4O2. The van der Waals surface area contributed by atoms with Gasteiger partial charge in [0.1, 0.15) is 12.3 Å². The minimum absolute atomic E-state index is 0.135. The highest BCUT2D eigenvalue weighted by atomic mass is 79.9. The first-order valence-electron chi connectivity index (χ1n) is 11.0. The molecule has 0 radical (unpaired) electrons. The highest BCUT2D eigenvalue weighted by Gasteiger charge is 2.16. The molecule has 5 rings (SSSR count). The molecule has 4 aromatic rings. The lowest BCUT2D eigenvalue weighted by molar-refractivity contribution is 0.245. The van der Waals surface area contributed by atoms with E-state index in [-0.39, 0.29) is 21.8 Å². The van der Waals surface area contributed by atoms with Crippen LogP contribution in [-0.4, -0.2) is 31.7 Å². The molecule has 0 atom stereocenters. The number of phenolic OH excluding ortho intramolecular Hbond substituents is 1. The first kappa shape index (κ1) is 24.0. The van der Waals surface area contributed by atoms with Gasteiger partial charge in [0.2, 0.25) is 0 Å². The van der Waals surface area contributed by atoms with E-state index in [0.29, 0.717) is 17.9 Å². The number of halogens is 3. The van der Waals surface area contributed by atoms with Crippen LogP contribution in [-0.2, 0) is 26.1 Å². The van der Waals surface area contributed by atoms with Gasteiger partial charge in [0.15, 0.2) is 5.75 Å². The Morgan fingerprint density at radius 1 is 0.943 bits per heavy atom. The van der Waals surface area contributed by atoms with Crippen molar-refractivity contribution in [3.05, 3.63) is 97.6 Å². The Balaban J connectivity index is 1.16. The third-order valence-corrected chi connectivity index (χ3v) is 6.98. The number of aromatic nitrogens is 3. The monoisotopic (exact) mass is 570 g/mol. The molecule has 0 bridgehead atoms. The number of rotatable bonds is 6. The second-order valence-electron chi connectivity index (χ2n) is 8.39. The zero-order chi connectivity index (χ0) is 24.4. The fourth-order valence-electron chi connectivity index (χ4n) is 4.04. The van der Waals surface area contributed by atoms with Crippen molar-refractivity contribution in [3.8, 4) is 23.0 Å². The highest BCUT2D eigenvalue weighted by Crippen LogP contribution is 2.35. The fraction of sp³-hybridized carbons (Fsp3) is 0.192. The number of phenols is 1. The van der Waals surface area contributed by atoms with Crippen LogP contribution in [0.5, 0.6) is 11.8 Å². The number of fused-ring (bicyclic) bond motifs is 1. The lowest BCUT2D eigenvalue weighted by Gasteiger charge is -2.29. The van der Waals surface area contributed by atoms with Crippen LogP contribution in [0.3, 0.4) is 0 Å². The largest absolute Gasteiger partial charge is 0.505 e. The van der Waals surface area contributed by atoms with Crippen molar-refractivity contribution in [2.75, 3.05) is 6.54 Å². The van der Waals surface area contributed by atoms with Gasteiger partial charge in [-0.05, 0) is 52.9 Å². The molecule has 2 heterocycles. The van der Waals surface area contributed by atoms with Crippen LogP contribution < -0.4 is 4.74 Å². The van der Waals surface area contributed by atoms with Crippen LogP contribution in [0.15, 0.2) is 65.3 Å². The smallest absolute Gasteiger partial charge is 0.336 e. The molecular weight excluding hydrogens is 551 g/mol. The quantitative estimate of drug-likeness (QED) is 0.287. The van der Waals surface area contributed by atoms with Crippen molar-refractivity contribution in [3.63, 3.8) is 0 Å². The van der Waals surface area contributed by atoms with Crippen molar-refractivity contribution in [1.29, 1.82) is 0 Å². The maximum Gasteiger partial charge on any atom is 0.336 e. The number of hydrogen-bond acceptors (Lipinski definition) is 6. The second-order valence-corrected chi connectivity index (χ2v) is 10.1. The summed E-state index contributed by atoms with van der Waals surface area (Å²) in [5, 5.41) is 18.1. The summed E-state index contributed by atoms with van der Waals surface area (Å²) in [7, 11) is 0. The van der Waals surface area contributed by atoms with Crippen LogP contribution in [0, 0.1) is 0 Å². The Morgan fingerprint density at radius 3 is 2.40 bits per heavy atom. The summed E-state index contributed by atoms with van der Waals surface area (Å²) in [6.07, 6.45) is 2.61. The summed E-state index contributed by atoms with van der Waals surface area (Å²) in [6, 6.07) is 18.2. The maximum atomic E-state index is 9.70. The Kier molecular flexibility index (Phi) is 7.20. The van der Waals surface area contributed by atoms with Crippen molar-refractivity contribution >= 4 is 39.1 Å². The molecule has 3 aromatic carbocycles. The van der Waals surface area contributed by atoms with E-state index in [1.807, 2.05) is 0 Å². The predicted octanol–water partition coefficient (Wildman–Crippen LogP) is 6.45. The van der Waals surface area contributed by atoms with Crippen molar-refractivity contribution in [1.82, 2.24) is 20.1 Å². The Bertz CT molecular complexity index is 1330. The lowest BCUT2D eigenvalue weighted by Crippen LogP contribution is -2.30. The Hall–Kier alpha value is -2.71. The average molecular weight is 572 g/mol. The molecule has 1 aliphatic heterocycles. The van der Waals surface area contributed by atoms with Crippen molar-refractivity contribution < 1.29 is 9.84 Å². The third kappa shape index (κ3) is 5.76. The molecule has 0 saturated heterocycles. The first-order chi connectivity index (χ1) is 16.9. The van der Waals surface area contributed by atoms with E-state index < -0.39 is 0 Å². The summed E-state index contributed by atoms with van der Waals surface area (Å²) in [6.45, 7) is 3.26. The van der Waals surface area contributed by atoms with Gasteiger partial charge in [-0.25, -0.2) is 4.98 Å². The molecule has 1 aliphatic rings. The third-order valence-electron chi connectivity index (χ3n) is 5.91. The van der Waals surface area contributed by atoms with Gasteiger partial charge in [-0.15, -0.1) is 5.10 Å². The van der Waals surface area contributed by atoms with Gasteiger partial charge in [0.05, 0.1) is 16.2 Å². The normalized spacial score (nSPS) is 13.5. The summed E-state index contributed by atoms with van der Waals surface area (Å²) >= 11 is 15.5. The predicted molar refractivity (Wildman–Crippen MR) is 140 cm³/mol. The minimum atomic E-state index is -0.168. The van der Waals surface area contributed by atoms with Crippen LogP contribution in [0.2, 0.25) is 10.0 Å². The highest BCUT2D eigenvalue weighted by molar-refractivity contribution is 9.10. The number of ether oxygens (including phenoxy) is 1. The van der Waals surface area contributed by atoms with Crippen LogP contribution in [0.25, 0.3) is 11.3 Å². The molecule has 1 aromatic heterocycles. The van der Waals surface area contributed by atoms with E-state index >= 15 is 0 Å². The van der Waals surface area contributed by atoms with Gasteiger partial charge < -0.3 is 9.84 Å². The Morgan fingerprint density at radius 2 is 1.69 bits per heavy atom. The minimum Gasteiger partial charge on any atom is -0.505 e. The molecule has 0 fully saturated rings. The number of hydrogen-bond donors (Lipinski definition) is 1. The topological polar surface area (TPSA) is 71.4 Å². The number of benzene rings is 3. The van der Waals surface area contributed by atoms with Gasteiger partial charge in [0, 0.05) is 29.7 Å². The molecule has 35 heavy (non-hydrogen) atoms. The standard InChI is InChI=1S/C26H21BrCl2N4O2/c27-21-6-5-18-7-8-33(14-20(18)9-21)13-16-1-3-17(4-2-16)15-35-26-30-12-24(31-32-26)19-10-22(28)25(34)23(29)11-19/h1-6,9-12,34H,7-8,13-15H2. The molecule has 6 nitrogen and oxygen atoms in total. The van der Waals surface area contributed by atoms with Gasteiger partial charge in [-0.3, -0.25) is 4.90 Å². The van der Waals surface area contributed by atoms with Crippen molar-refractivity contribution in [2.45, 2.75) is 26.1 Å². The summed E-state index contributed by atoms with van der Waals surface area (Å²) in [4.78, 5) is 6.68. The van der Waals surface area contributed by atoms with Gasteiger partial charge in [-0.1, -0.05) is 74.6 Å². The van der Waals surface area contributed by atoms with Crippen molar-refractivity contribution in [2.24, 2.45) is 0 Å². The number of nitrogens with zero attached hydrogens (tertiary/aromatic N) is 4. The molecule has 0 spiro atoms. The van der Waals surface area contributed by atoms with Gasteiger partial charge >= 0.3 is 6.01 Å². The fourth-order valence-corrected chi connectivity index (χ4v) is 4.94. The summed E-state index contributed by atoms with van der Waals surface area (Å²) in [5.74, 6) is -0.168. The summed E-state index contributed by atoms with van der Waals surface area (Å²) < 4.78 is 6.83. The number of aromatic hydroxyl groups is 1. The molecule has 1 N–H and O–H groups in total. The van der Waals surface area contributed by atoms with E-state index in [1.54, 1.807) is 12.1 Å².